The van der Waals surface area contributed by atoms with Crippen LogP contribution in [0.2, 0.25) is 0 Å². The summed E-state index contributed by atoms with van der Waals surface area (Å²) in [5.41, 5.74) is -0.862. The lowest BCUT2D eigenvalue weighted by Crippen LogP contribution is -2.36. The van der Waals surface area contributed by atoms with Gasteiger partial charge in [0.1, 0.15) is 6.23 Å². The van der Waals surface area contributed by atoms with E-state index in [0.29, 0.717) is 10.8 Å². The highest BCUT2D eigenvalue weighted by molar-refractivity contribution is 14.1. The lowest BCUT2D eigenvalue weighted by atomic mass is 10.2. The number of ether oxygens (including phenoxy) is 2. The van der Waals surface area contributed by atoms with Crippen LogP contribution in [0.5, 0.6) is 0 Å². The van der Waals surface area contributed by atoms with Gasteiger partial charge in [-0.05, 0) is 6.42 Å². The fourth-order valence-corrected chi connectivity index (χ4v) is 2.73. The van der Waals surface area contributed by atoms with E-state index in [9.17, 15) is 9.59 Å². The van der Waals surface area contributed by atoms with Crippen LogP contribution in [0.3, 0.4) is 0 Å². The van der Waals surface area contributed by atoms with Crippen LogP contribution >= 0.6 is 22.6 Å². The van der Waals surface area contributed by atoms with Crippen LogP contribution in [-0.4, -0.2) is 26.9 Å². The molecular formula is C10H13IN2O4. The Morgan fingerprint density at radius 2 is 2.47 bits per heavy atom. The highest BCUT2D eigenvalue weighted by Gasteiger charge is 2.40. The molecule has 0 unspecified atom stereocenters. The minimum Gasteiger partial charge on any atom is -0.352 e. The van der Waals surface area contributed by atoms with E-state index in [4.69, 9.17) is 9.47 Å². The molecule has 0 amide bonds. The summed E-state index contributed by atoms with van der Waals surface area (Å²) in [6, 6.07) is 1.31. The summed E-state index contributed by atoms with van der Waals surface area (Å²) in [4.78, 5) is 24.8. The van der Waals surface area contributed by atoms with Gasteiger partial charge in [0.2, 0.25) is 0 Å². The van der Waals surface area contributed by atoms with E-state index in [0.717, 1.165) is 6.42 Å². The standard InChI is InChI=1S/C10H13IN2O4/c1-16-10(6-11)4-2-8(17-10)13-5-3-7(14)12-9(13)15/h3,5,8H,2,4,6H2,1H3,(H,12,14,15)/t8-,10+/m1/s1. The van der Waals surface area contributed by atoms with Crippen LogP contribution in [0.15, 0.2) is 21.9 Å². The number of hydrogen-bond acceptors (Lipinski definition) is 4. The molecule has 1 aromatic rings. The van der Waals surface area contributed by atoms with E-state index in [1.54, 1.807) is 7.11 Å². The first-order chi connectivity index (χ1) is 8.10. The molecule has 1 aliphatic heterocycles. The highest BCUT2D eigenvalue weighted by Crippen LogP contribution is 2.37. The molecule has 1 aliphatic rings. The maximum atomic E-state index is 11.6. The summed E-state index contributed by atoms with van der Waals surface area (Å²) in [7, 11) is 1.59. The van der Waals surface area contributed by atoms with Crippen molar-refractivity contribution in [3.05, 3.63) is 33.1 Å². The topological polar surface area (TPSA) is 73.3 Å². The van der Waals surface area contributed by atoms with Gasteiger partial charge in [0, 0.05) is 25.8 Å². The molecule has 0 bridgehead atoms. The molecule has 2 rings (SSSR count). The number of nitrogens with zero attached hydrogens (tertiary/aromatic N) is 1. The molecule has 7 heteroatoms. The first-order valence-electron chi connectivity index (χ1n) is 5.21. The van der Waals surface area contributed by atoms with Crippen molar-refractivity contribution < 1.29 is 9.47 Å². The van der Waals surface area contributed by atoms with Crippen molar-refractivity contribution >= 4 is 22.6 Å². The molecule has 0 radical (unpaired) electrons. The van der Waals surface area contributed by atoms with Gasteiger partial charge in [-0.15, -0.1) is 0 Å². The molecule has 0 saturated carbocycles. The molecule has 17 heavy (non-hydrogen) atoms. The summed E-state index contributed by atoms with van der Waals surface area (Å²) in [5, 5.41) is 0. The molecule has 6 nitrogen and oxygen atoms in total. The van der Waals surface area contributed by atoms with Crippen molar-refractivity contribution in [2.45, 2.75) is 24.9 Å². The predicted molar refractivity (Wildman–Crippen MR) is 69.3 cm³/mol. The van der Waals surface area contributed by atoms with Gasteiger partial charge in [-0.1, -0.05) is 22.6 Å². The van der Waals surface area contributed by atoms with Crippen LogP contribution in [0.1, 0.15) is 19.1 Å². The summed E-state index contributed by atoms with van der Waals surface area (Å²) in [6.07, 6.45) is 2.48. The molecule has 1 aromatic heterocycles. The van der Waals surface area contributed by atoms with E-state index >= 15 is 0 Å². The number of aromatic amines is 1. The summed E-state index contributed by atoms with van der Waals surface area (Å²) in [6.45, 7) is 0. The van der Waals surface area contributed by atoms with E-state index in [1.165, 1.54) is 16.8 Å². The number of alkyl halides is 1. The average Bonchev–Trinajstić information content (AvgIpc) is 2.74. The van der Waals surface area contributed by atoms with Crippen LogP contribution < -0.4 is 11.2 Å². The second-order valence-corrected chi connectivity index (χ2v) is 4.64. The van der Waals surface area contributed by atoms with Gasteiger partial charge in [0.15, 0.2) is 5.79 Å². The summed E-state index contributed by atoms with van der Waals surface area (Å²) in [5.74, 6) is -0.624. The second-order valence-electron chi connectivity index (χ2n) is 3.88. The zero-order valence-electron chi connectivity index (χ0n) is 9.31. The largest absolute Gasteiger partial charge is 0.352 e. The average molecular weight is 352 g/mol. The molecule has 2 atom stereocenters. The monoisotopic (exact) mass is 352 g/mol. The zero-order chi connectivity index (χ0) is 12.5. The van der Waals surface area contributed by atoms with E-state index in [1.807, 2.05) is 0 Å². The van der Waals surface area contributed by atoms with Gasteiger partial charge in [-0.25, -0.2) is 4.79 Å². The van der Waals surface area contributed by atoms with Gasteiger partial charge in [0.05, 0.1) is 4.43 Å². The van der Waals surface area contributed by atoms with Crippen molar-refractivity contribution in [2.24, 2.45) is 0 Å². The maximum Gasteiger partial charge on any atom is 0.330 e. The molecule has 0 spiro atoms. The van der Waals surface area contributed by atoms with Gasteiger partial charge in [-0.2, -0.15) is 0 Å². The summed E-state index contributed by atoms with van der Waals surface area (Å²) < 4.78 is 13.2. The predicted octanol–water partition coefficient (Wildman–Crippen LogP) is 0.623. The number of nitrogens with one attached hydrogen (secondary N) is 1. The van der Waals surface area contributed by atoms with Crippen molar-refractivity contribution in [1.29, 1.82) is 0 Å². The summed E-state index contributed by atoms with van der Waals surface area (Å²) >= 11 is 2.19. The lowest BCUT2D eigenvalue weighted by molar-refractivity contribution is -0.208. The molecule has 0 aliphatic carbocycles. The Bertz CT molecular complexity index is 506. The normalized spacial score (nSPS) is 28.5. The Kier molecular flexibility index (Phi) is 3.69. The Labute approximate surface area is 111 Å². The van der Waals surface area contributed by atoms with Crippen molar-refractivity contribution in [3.8, 4) is 0 Å². The van der Waals surface area contributed by atoms with Crippen LogP contribution in [0, 0.1) is 0 Å². The van der Waals surface area contributed by atoms with E-state index in [-0.39, 0.29) is 6.23 Å². The minimum atomic E-state index is -0.624. The Morgan fingerprint density at radius 1 is 1.71 bits per heavy atom. The number of halogens is 1. The third kappa shape index (κ3) is 2.45. The molecule has 1 fully saturated rings. The molecule has 94 valence electrons. The van der Waals surface area contributed by atoms with Crippen LogP contribution in [0.25, 0.3) is 0 Å². The first kappa shape index (κ1) is 12.8. The van der Waals surface area contributed by atoms with Crippen molar-refractivity contribution in [3.63, 3.8) is 0 Å². The molecule has 1 N–H and O–H groups in total. The van der Waals surface area contributed by atoms with Crippen LogP contribution in [0.4, 0.5) is 0 Å². The van der Waals surface area contributed by atoms with Crippen molar-refractivity contribution in [2.75, 3.05) is 11.5 Å². The fourth-order valence-electron chi connectivity index (χ4n) is 1.86. The number of H-pyrrole nitrogens is 1. The molecular weight excluding hydrogens is 339 g/mol. The molecule has 2 heterocycles. The maximum absolute atomic E-state index is 11.6. The minimum absolute atomic E-state index is 0.380. The smallest absolute Gasteiger partial charge is 0.330 e. The van der Waals surface area contributed by atoms with Crippen molar-refractivity contribution in [1.82, 2.24) is 9.55 Å². The van der Waals surface area contributed by atoms with Crippen LogP contribution in [-0.2, 0) is 9.47 Å². The van der Waals surface area contributed by atoms with Gasteiger partial charge >= 0.3 is 5.69 Å². The molecule has 0 aromatic carbocycles. The Morgan fingerprint density at radius 3 is 3.00 bits per heavy atom. The highest BCUT2D eigenvalue weighted by atomic mass is 127. The van der Waals surface area contributed by atoms with Gasteiger partial charge in [0.25, 0.3) is 5.56 Å². The Balaban J connectivity index is 2.26. The number of methoxy groups -OCH3 is 1. The quantitative estimate of drug-likeness (QED) is 0.640. The van der Waals surface area contributed by atoms with E-state index in [2.05, 4.69) is 27.6 Å². The van der Waals surface area contributed by atoms with Gasteiger partial charge < -0.3 is 9.47 Å². The fraction of sp³-hybridized carbons (Fsp3) is 0.600. The first-order valence-corrected chi connectivity index (χ1v) is 6.73. The zero-order valence-corrected chi connectivity index (χ0v) is 11.5. The lowest BCUT2D eigenvalue weighted by Gasteiger charge is -2.25. The SMILES string of the molecule is CO[C@@]1(CI)CC[C@H](n2ccc(=O)[nH]c2=O)O1. The Hall–Kier alpha value is -0.670. The number of aromatic nitrogens is 2. The van der Waals surface area contributed by atoms with E-state index < -0.39 is 17.0 Å². The second kappa shape index (κ2) is 4.91. The molecule has 1 saturated heterocycles. The number of hydrogen-bond donors (Lipinski definition) is 1. The third-order valence-electron chi connectivity index (χ3n) is 2.86. The number of rotatable bonds is 3. The van der Waals surface area contributed by atoms with Gasteiger partial charge in [-0.3, -0.25) is 14.3 Å². The third-order valence-corrected chi connectivity index (χ3v) is 4.02.